The standard InChI is InChI=1S/C24H35N3O5/c1-5-16(19(28)20-26-17-11-7-8-12-18(17)31-20)27-21(29)24(13-9-6-10-14-24)15-25-22(30)32-23(2,3)4/h7-8,11-12,16,19,28H,5-6,9-10,13-15H2,1-4H3,(H,25,30)(H,27,29). The van der Waals surface area contributed by atoms with Gasteiger partial charge in [-0.2, -0.15) is 0 Å². The molecule has 1 aromatic heterocycles. The molecule has 0 bridgehead atoms. The van der Waals surface area contributed by atoms with Crippen LogP contribution in [0.4, 0.5) is 4.79 Å². The summed E-state index contributed by atoms with van der Waals surface area (Å²) in [5.41, 5.74) is -0.0896. The van der Waals surface area contributed by atoms with E-state index < -0.39 is 29.3 Å². The molecular weight excluding hydrogens is 410 g/mol. The summed E-state index contributed by atoms with van der Waals surface area (Å²) in [6.45, 7) is 7.49. The Balaban J connectivity index is 1.71. The summed E-state index contributed by atoms with van der Waals surface area (Å²) < 4.78 is 11.0. The number of aliphatic hydroxyl groups is 1. The first-order valence-electron chi connectivity index (χ1n) is 11.4. The lowest BCUT2D eigenvalue weighted by Gasteiger charge is -2.37. The second-order valence-corrected chi connectivity index (χ2v) is 9.65. The van der Waals surface area contributed by atoms with E-state index in [4.69, 9.17) is 9.15 Å². The van der Waals surface area contributed by atoms with Crippen molar-refractivity contribution >= 4 is 23.1 Å². The fraction of sp³-hybridized carbons (Fsp3) is 0.625. The van der Waals surface area contributed by atoms with E-state index in [0.717, 1.165) is 19.3 Å². The number of fused-ring (bicyclic) bond motifs is 1. The molecule has 1 aliphatic carbocycles. The van der Waals surface area contributed by atoms with Crippen molar-refractivity contribution in [2.75, 3.05) is 6.54 Å². The minimum atomic E-state index is -1.07. The molecule has 8 heteroatoms. The molecule has 1 fully saturated rings. The number of hydrogen-bond acceptors (Lipinski definition) is 6. The molecule has 0 aliphatic heterocycles. The zero-order chi connectivity index (χ0) is 23.4. The molecule has 2 aromatic rings. The van der Waals surface area contributed by atoms with E-state index in [0.29, 0.717) is 30.4 Å². The highest BCUT2D eigenvalue weighted by atomic mass is 16.6. The Morgan fingerprint density at radius 2 is 1.91 bits per heavy atom. The Hall–Kier alpha value is -2.61. The molecule has 32 heavy (non-hydrogen) atoms. The van der Waals surface area contributed by atoms with Gasteiger partial charge < -0.3 is 24.9 Å². The van der Waals surface area contributed by atoms with Gasteiger partial charge in [0, 0.05) is 6.54 Å². The summed E-state index contributed by atoms with van der Waals surface area (Å²) in [4.78, 5) is 30.0. The summed E-state index contributed by atoms with van der Waals surface area (Å²) in [6, 6.07) is 6.74. The second-order valence-electron chi connectivity index (χ2n) is 9.65. The van der Waals surface area contributed by atoms with Gasteiger partial charge in [-0.1, -0.05) is 38.3 Å². The van der Waals surface area contributed by atoms with E-state index in [-0.39, 0.29) is 18.3 Å². The third-order valence-corrected chi connectivity index (χ3v) is 5.96. The molecule has 3 rings (SSSR count). The Bertz CT molecular complexity index is 894. The van der Waals surface area contributed by atoms with Crippen LogP contribution >= 0.6 is 0 Å². The van der Waals surface area contributed by atoms with Crippen LogP contribution < -0.4 is 10.6 Å². The lowest BCUT2D eigenvalue weighted by molar-refractivity contribution is -0.134. The fourth-order valence-electron chi connectivity index (χ4n) is 4.18. The van der Waals surface area contributed by atoms with Gasteiger partial charge in [-0.05, 0) is 52.2 Å². The summed E-state index contributed by atoms with van der Waals surface area (Å²) >= 11 is 0. The summed E-state index contributed by atoms with van der Waals surface area (Å²) in [6.07, 6.45) is 3.12. The SMILES string of the molecule is CCC(NC(=O)C1(CNC(=O)OC(C)(C)C)CCCCC1)C(O)c1nc2ccccc2o1. The molecule has 8 nitrogen and oxygen atoms in total. The summed E-state index contributed by atoms with van der Waals surface area (Å²) in [7, 11) is 0. The van der Waals surface area contributed by atoms with Crippen molar-refractivity contribution in [1.29, 1.82) is 0 Å². The van der Waals surface area contributed by atoms with Gasteiger partial charge in [0.25, 0.3) is 0 Å². The predicted octanol–water partition coefficient (Wildman–Crippen LogP) is 4.23. The maximum absolute atomic E-state index is 13.4. The number of carbonyl (C=O) groups excluding carboxylic acids is 2. The maximum Gasteiger partial charge on any atom is 0.407 e. The Morgan fingerprint density at radius 3 is 2.53 bits per heavy atom. The van der Waals surface area contributed by atoms with Crippen LogP contribution in [0.5, 0.6) is 0 Å². The number of carbonyl (C=O) groups is 2. The number of hydrogen-bond donors (Lipinski definition) is 3. The molecule has 2 amide bonds. The van der Waals surface area contributed by atoms with Crippen LogP contribution in [0.1, 0.15) is 78.2 Å². The number of rotatable bonds is 7. The van der Waals surface area contributed by atoms with Gasteiger partial charge in [-0.15, -0.1) is 0 Å². The highest BCUT2D eigenvalue weighted by Crippen LogP contribution is 2.37. The predicted molar refractivity (Wildman–Crippen MR) is 121 cm³/mol. The molecule has 0 saturated heterocycles. The van der Waals surface area contributed by atoms with Crippen LogP contribution in [0, 0.1) is 5.41 Å². The van der Waals surface area contributed by atoms with E-state index in [9.17, 15) is 14.7 Å². The van der Waals surface area contributed by atoms with Crippen molar-refractivity contribution in [3.05, 3.63) is 30.2 Å². The van der Waals surface area contributed by atoms with Crippen LogP contribution in [0.25, 0.3) is 11.1 Å². The lowest BCUT2D eigenvalue weighted by Crippen LogP contribution is -2.53. The molecule has 1 aliphatic rings. The van der Waals surface area contributed by atoms with Crippen molar-refractivity contribution < 1.29 is 23.8 Å². The molecule has 2 unspecified atom stereocenters. The highest BCUT2D eigenvalue weighted by molar-refractivity contribution is 5.84. The molecule has 176 valence electrons. The monoisotopic (exact) mass is 445 g/mol. The van der Waals surface area contributed by atoms with Crippen LogP contribution in [0.15, 0.2) is 28.7 Å². The third-order valence-electron chi connectivity index (χ3n) is 5.96. The number of benzene rings is 1. The topological polar surface area (TPSA) is 114 Å². The van der Waals surface area contributed by atoms with Gasteiger partial charge in [-0.25, -0.2) is 9.78 Å². The molecule has 0 radical (unpaired) electrons. The van der Waals surface area contributed by atoms with E-state index in [1.807, 2.05) is 25.1 Å². The second kappa shape index (κ2) is 9.90. The number of ether oxygens (including phenoxy) is 1. The average molecular weight is 446 g/mol. The van der Waals surface area contributed by atoms with E-state index in [1.54, 1.807) is 26.8 Å². The molecule has 1 aromatic carbocycles. The molecule has 1 saturated carbocycles. The number of nitrogens with zero attached hydrogens (tertiary/aromatic N) is 1. The zero-order valence-corrected chi connectivity index (χ0v) is 19.4. The molecular formula is C24H35N3O5. The van der Waals surface area contributed by atoms with Crippen molar-refractivity contribution in [3.63, 3.8) is 0 Å². The van der Waals surface area contributed by atoms with Crippen molar-refractivity contribution in [3.8, 4) is 0 Å². The minimum Gasteiger partial charge on any atom is -0.444 e. The third kappa shape index (κ3) is 5.79. The number of oxazole rings is 1. The van der Waals surface area contributed by atoms with E-state index >= 15 is 0 Å². The number of aromatic nitrogens is 1. The fourth-order valence-corrected chi connectivity index (χ4v) is 4.18. The summed E-state index contributed by atoms with van der Waals surface area (Å²) in [5, 5.41) is 16.7. The van der Waals surface area contributed by atoms with Gasteiger partial charge >= 0.3 is 6.09 Å². The summed E-state index contributed by atoms with van der Waals surface area (Å²) in [5.74, 6) is 0.0122. The average Bonchev–Trinajstić information content (AvgIpc) is 3.19. The normalized spacial score (nSPS) is 18.0. The number of para-hydroxylation sites is 2. The van der Waals surface area contributed by atoms with Crippen LogP contribution in [-0.4, -0.2) is 40.3 Å². The number of alkyl carbamates (subject to hydrolysis) is 1. The largest absolute Gasteiger partial charge is 0.444 e. The Morgan fingerprint density at radius 1 is 1.22 bits per heavy atom. The quantitative estimate of drug-likeness (QED) is 0.588. The molecule has 2 atom stereocenters. The van der Waals surface area contributed by atoms with Crippen molar-refractivity contribution in [1.82, 2.24) is 15.6 Å². The first-order valence-corrected chi connectivity index (χ1v) is 11.4. The van der Waals surface area contributed by atoms with Crippen LogP contribution in [0.3, 0.4) is 0 Å². The lowest BCUT2D eigenvalue weighted by atomic mass is 9.73. The number of aliphatic hydroxyl groups excluding tert-OH is 1. The Labute approximate surface area is 189 Å². The minimum absolute atomic E-state index is 0.171. The van der Waals surface area contributed by atoms with Crippen molar-refractivity contribution in [2.24, 2.45) is 5.41 Å². The van der Waals surface area contributed by atoms with Gasteiger partial charge in [0.05, 0.1) is 11.5 Å². The van der Waals surface area contributed by atoms with E-state index in [2.05, 4.69) is 15.6 Å². The van der Waals surface area contributed by atoms with Crippen LogP contribution in [-0.2, 0) is 9.53 Å². The molecule has 0 spiro atoms. The molecule has 1 heterocycles. The Kier molecular flexibility index (Phi) is 7.44. The molecule has 3 N–H and O–H groups in total. The maximum atomic E-state index is 13.4. The van der Waals surface area contributed by atoms with E-state index in [1.165, 1.54) is 0 Å². The van der Waals surface area contributed by atoms with Gasteiger partial charge in [0.1, 0.15) is 11.1 Å². The van der Waals surface area contributed by atoms with Gasteiger partial charge in [-0.3, -0.25) is 4.79 Å². The first kappa shape index (κ1) is 24.0. The first-order chi connectivity index (χ1) is 15.1. The van der Waals surface area contributed by atoms with Crippen LogP contribution in [0.2, 0.25) is 0 Å². The van der Waals surface area contributed by atoms with Gasteiger partial charge in [0.15, 0.2) is 11.7 Å². The van der Waals surface area contributed by atoms with Gasteiger partial charge in [0.2, 0.25) is 11.8 Å². The van der Waals surface area contributed by atoms with Crippen molar-refractivity contribution in [2.45, 2.75) is 84.0 Å². The number of amides is 2. The highest BCUT2D eigenvalue weighted by Gasteiger charge is 2.41. The zero-order valence-electron chi connectivity index (χ0n) is 19.4. The number of nitrogens with one attached hydrogen (secondary N) is 2. The smallest absolute Gasteiger partial charge is 0.407 e.